The van der Waals surface area contributed by atoms with E-state index in [-0.39, 0.29) is 12.3 Å². The largest absolute Gasteiger partial charge is 0.463 e. The molecular formula is C12H22O8. The van der Waals surface area contributed by atoms with E-state index in [1.807, 2.05) is 0 Å². The van der Waals surface area contributed by atoms with Crippen LogP contribution in [-0.2, 0) is 14.3 Å². The lowest BCUT2D eigenvalue weighted by Gasteiger charge is -2.22. The first-order valence-electron chi connectivity index (χ1n) is 5.83. The van der Waals surface area contributed by atoms with Gasteiger partial charge in [-0.2, -0.15) is 0 Å². The van der Waals surface area contributed by atoms with Gasteiger partial charge in [0.15, 0.2) is 6.29 Å². The molecule has 8 nitrogen and oxygen atoms in total. The van der Waals surface area contributed by atoms with Crippen LogP contribution >= 0.6 is 0 Å². The first kappa shape index (κ1) is 21.0. The molecule has 8 heteroatoms. The summed E-state index contributed by atoms with van der Waals surface area (Å²) in [4.78, 5) is 20.3. The van der Waals surface area contributed by atoms with Gasteiger partial charge in [-0.25, -0.2) is 4.79 Å². The first-order chi connectivity index (χ1) is 9.22. The molecule has 0 saturated carbocycles. The van der Waals surface area contributed by atoms with E-state index >= 15 is 0 Å². The maximum absolute atomic E-state index is 10.4. The van der Waals surface area contributed by atoms with Gasteiger partial charge in [-0.15, -0.1) is 0 Å². The lowest BCUT2D eigenvalue weighted by Crippen LogP contribution is -2.46. The Hall–Kier alpha value is -1.32. The molecule has 0 spiro atoms. The van der Waals surface area contributed by atoms with E-state index in [0.29, 0.717) is 12.2 Å². The molecule has 0 rings (SSSR count). The average Bonchev–Trinajstić information content (AvgIpc) is 2.44. The summed E-state index contributed by atoms with van der Waals surface area (Å²) in [6, 6.07) is 0. The number of rotatable bonds is 7. The molecule has 0 unspecified atom stereocenters. The fraction of sp³-hybridized carbons (Fsp3) is 0.667. The van der Waals surface area contributed by atoms with Crippen LogP contribution in [0.5, 0.6) is 0 Å². The van der Waals surface area contributed by atoms with Gasteiger partial charge in [-0.1, -0.05) is 6.58 Å². The molecule has 0 fully saturated rings. The fourth-order valence-electron chi connectivity index (χ4n) is 0.872. The molecule has 20 heavy (non-hydrogen) atoms. The number of hydrogen-bond acceptors (Lipinski definition) is 8. The van der Waals surface area contributed by atoms with E-state index in [2.05, 4.69) is 11.3 Å². The minimum absolute atomic E-state index is 0.0258. The Bertz CT molecular complexity index is 304. The van der Waals surface area contributed by atoms with Crippen molar-refractivity contribution in [3.05, 3.63) is 12.2 Å². The second-order valence-electron chi connectivity index (χ2n) is 3.86. The van der Waals surface area contributed by atoms with Crippen molar-refractivity contribution in [2.45, 2.75) is 38.3 Å². The second-order valence-corrected chi connectivity index (χ2v) is 3.86. The summed E-state index contributed by atoms with van der Waals surface area (Å²) >= 11 is 0. The van der Waals surface area contributed by atoms with Crippen LogP contribution in [0.1, 0.15) is 13.8 Å². The van der Waals surface area contributed by atoms with E-state index in [4.69, 9.17) is 25.5 Å². The van der Waals surface area contributed by atoms with Crippen molar-refractivity contribution < 1.29 is 39.9 Å². The Morgan fingerprint density at radius 3 is 2.00 bits per heavy atom. The third-order valence-corrected chi connectivity index (χ3v) is 2.04. The number of aliphatic hydroxyl groups excluding tert-OH is 5. The lowest BCUT2D eigenvalue weighted by atomic mass is 10.0. The second kappa shape index (κ2) is 11.5. The van der Waals surface area contributed by atoms with Gasteiger partial charge in [-0.3, -0.25) is 0 Å². The molecular weight excluding hydrogens is 272 g/mol. The van der Waals surface area contributed by atoms with Gasteiger partial charge >= 0.3 is 5.97 Å². The van der Waals surface area contributed by atoms with E-state index in [0.717, 1.165) is 0 Å². The lowest BCUT2D eigenvalue weighted by molar-refractivity contribution is -0.138. The number of aliphatic hydroxyl groups is 5. The number of ether oxygens (including phenoxy) is 1. The van der Waals surface area contributed by atoms with Gasteiger partial charge in [0.2, 0.25) is 0 Å². The Morgan fingerprint density at radius 1 is 1.25 bits per heavy atom. The summed E-state index contributed by atoms with van der Waals surface area (Å²) in [5, 5.41) is 43.5. The van der Waals surface area contributed by atoms with Crippen molar-refractivity contribution in [1.82, 2.24) is 0 Å². The molecule has 0 aliphatic carbocycles. The average molecular weight is 294 g/mol. The summed E-state index contributed by atoms with van der Waals surface area (Å²) in [6.07, 6.45) is -6.84. The topological polar surface area (TPSA) is 145 Å². The number of esters is 1. The van der Waals surface area contributed by atoms with Crippen molar-refractivity contribution in [2.24, 2.45) is 0 Å². The molecule has 0 aromatic rings. The number of hydrogen-bond donors (Lipinski definition) is 5. The fourth-order valence-corrected chi connectivity index (χ4v) is 0.872. The molecule has 0 bridgehead atoms. The summed E-state index contributed by atoms with van der Waals surface area (Å²) < 4.78 is 4.56. The van der Waals surface area contributed by atoms with Crippen LogP contribution in [0.4, 0.5) is 0 Å². The van der Waals surface area contributed by atoms with Crippen LogP contribution in [0.15, 0.2) is 12.2 Å². The highest BCUT2D eigenvalue weighted by atomic mass is 16.5. The SMILES string of the molecule is C=C(C)C(=O)OCC.O=C[C@H](O)[C@@H](O)[C@H](O)[C@H](O)CO. The van der Waals surface area contributed by atoms with E-state index in [1.54, 1.807) is 13.8 Å². The molecule has 118 valence electrons. The van der Waals surface area contributed by atoms with E-state index < -0.39 is 31.0 Å². The molecule has 0 heterocycles. The van der Waals surface area contributed by atoms with Crippen molar-refractivity contribution in [3.8, 4) is 0 Å². The zero-order valence-corrected chi connectivity index (χ0v) is 11.5. The van der Waals surface area contributed by atoms with Crippen LogP contribution in [0.25, 0.3) is 0 Å². The molecule has 0 amide bonds. The van der Waals surface area contributed by atoms with Crippen molar-refractivity contribution in [2.75, 3.05) is 13.2 Å². The predicted octanol–water partition coefficient (Wildman–Crippen LogP) is -2.25. The van der Waals surface area contributed by atoms with Crippen LogP contribution in [0.3, 0.4) is 0 Å². The quantitative estimate of drug-likeness (QED) is 0.201. The first-order valence-corrected chi connectivity index (χ1v) is 5.83. The molecule has 0 aliphatic rings. The Kier molecular flexibility index (Phi) is 12.1. The van der Waals surface area contributed by atoms with Gasteiger partial charge < -0.3 is 35.1 Å². The highest BCUT2D eigenvalue weighted by Gasteiger charge is 2.29. The molecule has 0 aromatic carbocycles. The Balaban J connectivity index is 0. The van der Waals surface area contributed by atoms with Crippen LogP contribution in [-0.4, -0.2) is 75.4 Å². The monoisotopic (exact) mass is 294 g/mol. The minimum Gasteiger partial charge on any atom is -0.463 e. The number of carbonyl (C=O) groups excluding carboxylic acids is 2. The summed E-state index contributed by atoms with van der Waals surface area (Å²) in [7, 11) is 0. The van der Waals surface area contributed by atoms with Crippen LogP contribution < -0.4 is 0 Å². The zero-order chi connectivity index (χ0) is 16.3. The zero-order valence-electron chi connectivity index (χ0n) is 11.5. The highest BCUT2D eigenvalue weighted by molar-refractivity contribution is 5.86. The third kappa shape index (κ3) is 8.73. The maximum atomic E-state index is 10.4. The smallest absolute Gasteiger partial charge is 0.333 e. The minimum atomic E-state index is -1.79. The van der Waals surface area contributed by atoms with E-state index in [1.165, 1.54) is 0 Å². The predicted molar refractivity (Wildman–Crippen MR) is 68.6 cm³/mol. The number of carbonyl (C=O) groups is 2. The molecule has 0 radical (unpaired) electrons. The van der Waals surface area contributed by atoms with E-state index in [9.17, 15) is 9.59 Å². The van der Waals surface area contributed by atoms with Crippen molar-refractivity contribution >= 4 is 12.3 Å². The summed E-state index contributed by atoms with van der Waals surface area (Å²) in [6.45, 7) is 6.45. The van der Waals surface area contributed by atoms with Gasteiger partial charge in [0.05, 0.1) is 13.2 Å². The van der Waals surface area contributed by atoms with Gasteiger partial charge in [-0.05, 0) is 13.8 Å². The highest BCUT2D eigenvalue weighted by Crippen LogP contribution is 2.02. The van der Waals surface area contributed by atoms with Gasteiger partial charge in [0, 0.05) is 5.57 Å². The van der Waals surface area contributed by atoms with Crippen molar-refractivity contribution in [1.29, 1.82) is 0 Å². The number of aldehydes is 1. The van der Waals surface area contributed by atoms with Gasteiger partial charge in [0.1, 0.15) is 24.4 Å². The summed E-state index contributed by atoms with van der Waals surface area (Å²) in [5.74, 6) is -0.312. The van der Waals surface area contributed by atoms with Crippen LogP contribution in [0, 0.1) is 0 Å². The molecule has 0 aromatic heterocycles. The maximum Gasteiger partial charge on any atom is 0.333 e. The van der Waals surface area contributed by atoms with Gasteiger partial charge in [0.25, 0.3) is 0 Å². The molecule has 5 N–H and O–H groups in total. The van der Waals surface area contributed by atoms with Crippen LogP contribution in [0.2, 0.25) is 0 Å². The standard InChI is InChI=1S/C6H12O6.C6H10O2/c7-1-3(9)5(11)6(12)4(10)2-8;1-4-8-6(7)5(2)3/h1,3-6,8-12H,2H2;2,4H2,1,3H3/t3-,4+,5+,6+;/m0./s1. The molecule has 0 aliphatic heterocycles. The van der Waals surface area contributed by atoms with Crippen molar-refractivity contribution in [3.63, 3.8) is 0 Å². The Morgan fingerprint density at radius 2 is 1.75 bits per heavy atom. The Labute approximate surface area is 116 Å². The third-order valence-electron chi connectivity index (χ3n) is 2.04. The molecule has 0 saturated heterocycles. The molecule has 4 atom stereocenters. The normalized spacial score (nSPS) is 15.9. The summed E-state index contributed by atoms with van der Waals surface area (Å²) in [5.41, 5.74) is 0.451.